The first-order chi connectivity index (χ1) is 14.2. The highest BCUT2D eigenvalue weighted by Gasteiger charge is 2.22. The number of carbonyl (C=O) groups excluding carboxylic acids is 1. The topological polar surface area (TPSA) is 85.4 Å². The molecule has 0 saturated heterocycles. The Kier molecular flexibility index (Phi) is 6.16. The zero-order chi connectivity index (χ0) is 20.1. The van der Waals surface area contributed by atoms with Crippen molar-refractivity contribution in [1.29, 1.82) is 0 Å². The number of hydrogen-bond donors (Lipinski definition) is 2. The normalized spacial score (nSPS) is 15.1. The lowest BCUT2D eigenvalue weighted by molar-refractivity contribution is -0.119. The lowest BCUT2D eigenvalue weighted by Crippen LogP contribution is -2.33. The second-order valence-corrected chi connectivity index (χ2v) is 8.51. The van der Waals surface area contributed by atoms with Crippen molar-refractivity contribution in [2.24, 2.45) is 0 Å². The molecule has 0 radical (unpaired) electrons. The van der Waals surface area contributed by atoms with Crippen LogP contribution in [0.25, 0.3) is 0 Å². The van der Waals surface area contributed by atoms with Crippen LogP contribution in [0, 0.1) is 0 Å². The second kappa shape index (κ2) is 9.15. The molecule has 1 atom stereocenters. The predicted octanol–water partition coefficient (Wildman–Crippen LogP) is 4.02. The van der Waals surface area contributed by atoms with Gasteiger partial charge in [-0.25, -0.2) is 0 Å². The molecule has 1 aromatic heterocycles. The highest BCUT2D eigenvalue weighted by Crippen LogP contribution is 2.32. The van der Waals surface area contributed by atoms with E-state index in [1.165, 1.54) is 23.1 Å². The van der Waals surface area contributed by atoms with Crippen LogP contribution >= 0.6 is 23.1 Å². The van der Waals surface area contributed by atoms with Crippen molar-refractivity contribution < 1.29 is 14.3 Å². The maximum atomic E-state index is 12.4. The van der Waals surface area contributed by atoms with Crippen LogP contribution in [-0.2, 0) is 4.79 Å². The summed E-state index contributed by atoms with van der Waals surface area (Å²) in [6.45, 7) is 0.602. The molecule has 2 heterocycles. The molecule has 3 aromatic rings. The quantitative estimate of drug-likeness (QED) is 0.550. The molecular formula is C20H20N4O3S2. The standard InChI is InChI=1S/C20H20N4O3S2/c1-26-14-6-4-5-13(11-14)21-19-23-24-20(29-19)28-12-18(25)22-16-9-10-27-17-8-3-2-7-15(16)17/h2-8,11,16H,9-10,12H2,1H3,(H,21,23)(H,22,25)/t16-/m1/s1. The van der Waals surface area contributed by atoms with Crippen LogP contribution in [0.2, 0.25) is 0 Å². The Morgan fingerprint density at radius 1 is 1.28 bits per heavy atom. The van der Waals surface area contributed by atoms with Gasteiger partial charge in [0.05, 0.1) is 25.5 Å². The number of benzene rings is 2. The van der Waals surface area contributed by atoms with Crippen LogP contribution in [0.15, 0.2) is 52.9 Å². The van der Waals surface area contributed by atoms with E-state index in [2.05, 4.69) is 20.8 Å². The summed E-state index contributed by atoms with van der Waals surface area (Å²) in [5.74, 6) is 1.86. The summed E-state index contributed by atoms with van der Waals surface area (Å²) < 4.78 is 11.6. The van der Waals surface area contributed by atoms with Gasteiger partial charge in [0.25, 0.3) is 0 Å². The molecule has 0 aliphatic carbocycles. The summed E-state index contributed by atoms with van der Waals surface area (Å²) in [4.78, 5) is 12.4. The van der Waals surface area contributed by atoms with Gasteiger partial charge in [-0.05, 0) is 18.2 Å². The summed E-state index contributed by atoms with van der Waals surface area (Å²) in [6.07, 6.45) is 0.765. The molecule has 1 aliphatic heterocycles. The Hall–Kier alpha value is -2.78. The zero-order valence-corrected chi connectivity index (χ0v) is 17.4. The van der Waals surface area contributed by atoms with Crippen molar-refractivity contribution in [3.8, 4) is 11.5 Å². The molecule has 29 heavy (non-hydrogen) atoms. The third-order valence-corrected chi connectivity index (χ3v) is 6.32. The smallest absolute Gasteiger partial charge is 0.230 e. The Morgan fingerprint density at radius 3 is 3.07 bits per heavy atom. The number of nitrogens with zero attached hydrogens (tertiary/aromatic N) is 2. The summed E-state index contributed by atoms with van der Waals surface area (Å²) in [5, 5.41) is 15.2. The Balaban J connectivity index is 1.30. The van der Waals surface area contributed by atoms with Crippen molar-refractivity contribution in [3.63, 3.8) is 0 Å². The Morgan fingerprint density at radius 2 is 2.17 bits per heavy atom. The zero-order valence-electron chi connectivity index (χ0n) is 15.8. The SMILES string of the molecule is COc1cccc(Nc2nnc(SCC(=O)N[C@@H]3CCOc4ccccc43)s2)c1. The maximum Gasteiger partial charge on any atom is 0.230 e. The minimum Gasteiger partial charge on any atom is -0.497 e. The largest absolute Gasteiger partial charge is 0.497 e. The third kappa shape index (κ3) is 4.99. The lowest BCUT2D eigenvalue weighted by Gasteiger charge is -2.26. The number of rotatable bonds is 7. The first kappa shape index (κ1) is 19.5. The number of aromatic nitrogens is 2. The van der Waals surface area contributed by atoms with E-state index < -0.39 is 0 Å². The summed E-state index contributed by atoms with van der Waals surface area (Å²) >= 11 is 2.78. The third-order valence-electron chi connectivity index (χ3n) is 4.35. The first-order valence-corrected chi connectivity index (χ1v) is 10.9. The number of thioether (sulfide) groups is 1. The molecule has 0 saturated carbocycles. The van der Waals surface area contributed by atoms with Gasteiger partial charge in [-0.1, -0.05) is 47.4 Å². The number of nitrogens with one attached hydrogen (secondary N) is 2. The molecule has 0 spiro atoms. The number of hydrogen-bond acceptors (Lipinski definition) is 8. The fourth-order valence-electron chi connectivity index (χ4n) is 3.00. The number of anilines is 2. The van der Waals surface area contributed by atoms with Crippen molar-refractivity contribution in [2.75, 3.05) is 24.8 Å². The Labute approximate surface area is 176 Å². The van der Waals surface area contributed by atoms with E-state index in [9.17, 15) is 4.79 Å². The molecule has 4 rings (SSSR count). The van der Waals surface area contributed by atoms with Gasteiger partial charge in [0, 0.05) is 23.7 Å². The van der Waals surface area contributed by atoms with E-state index in [0.717, 1.165) is 33.5 Å². The van der Waals surface area contributed by atoms with Crippen LogP contribution in [0.3, 0.4) is 0 Å². The van der Waals surface area contributed by atoms with Gasteiger partial charge in [0.1, 0.15) is 11.5 Å². The van der Waals surface area contributed by atoms with E-state index in [1.54, 1.807) is 7.11 Å². The van der Waals surface area contributed by atoms with Crippen LogP contribution < -0.4 is 20.1 Å². The van der Waals surface area contributed by atoms with E-state index in [-0.39, 0.29) is 17.7 Å². The molecule has 2 N–H and O–H groups in total. The highest BCUT2D eigenvalue weighted by molar-refractivity contribution is 8.01. The number of amides is 1. The number of methoxy groups -OCH3 is 1. The summed E-state index contributed by atoms with van der Waals surface area (Å²) in [5.41, 5.74) is 1.89. The predicted molar refractivity (Wildman–Crippen MR) is 114 cm³/mol. The number of fused-ring (bicyclic) bond motifs is 1. The summed E-state index contributed by atoms with van der Waals surface area (Å²) in [7, 11) is 1.63. The fraction of sp³-hybridized carbons (Fsp3) is 0.250. The van der Waals surface area contributed by atoms with Crippen LogP contribution in [-0.4, -0.2) is 35.6 Å². The van der Waals surface area contributed by atoms with Crippen molar-refractivity contribution in [3.05, 3.63) is 54.1 Å². The highest BCUT2D eigenvalue weighted by atomic mass is 32.2. The van der Waals surface area contributed by atoms with Gasteiger partial charge in [0.15, 0.2) is 4.34 Å². The fourth-order valence-corrected chi connectivity index (χ4v) is 4.58. The minimum absolute atomic E-state index is 0.0206. The van der Waals surface area contributed by atoms with Crippen LogP contribution in [0.4, 0.5) is 10.8 Å². The average molecular weight is 429 g/mol. The number of ether oxygens (including phenoxy) is 2. The number of para-hydroxylation sites is 1. The number of carbonyl (C=O) groups is 1. The van der Waals surface area contributed by atoms with Crippen molar-refractivity contribution >= 4 is 39.8 Å². The summed E-state index contributed by atoms with van der Waals surface area (Å²) in [6, 6.07) is 15.4. The van der Waals surface area contributed by atoms with E-state index in [4.69, 9.17) is 9.47 Å². The van der Waals surface area contributed by atoms with E-state index >= 15 is 0 Å². The monoisotopic (exact) mass is 428 g/mol. The molecule has 1 aliphatic rings. The van der Waals surface area contributed by atoms with Crippen molar-refractivity contribution in [1.82, 2.24) is 15.5 Å². The first-order valence-electron chi connectivity index (χ1n) is 9.10. The van der Waals surface area contributed by atoms with Gasteiger partial charge < -0.3 is 20.1 Å². The molecular weight excluding hydrogens is 408 g/mol. The van der Waals surface area contributed by atoms with Crippen LogP contribution in [0.5, 0.6) is 11.5 Å². The molecule has 150 valence electrons. The Bertz CT molecular complexity index is 995. The molecule has 0 bridgehead atoms. The van der Waals surface area contributed by atoms with Gasteiger partial charge in [-0.15, -0.1) is 10.2 Å². The molecule has 0 fully saturated rings. The lowest BCUT2D eigenvalue weighted by atomic mass is 10.0. The van der Waals surface area contributed by atoms with Crippen molar-refractivity contribution in [2.45, 2.75) is 16.8 Å². The molecule has 1 amide bonds. The van der Waals surface area contributed by atoms with Gasteiger partial charge in [-0.3, -0.25) is 4.79 Å². The molecule has 0 unspecified atom stereocenters. The van der Waals surface area contributed by atoms with Gasteiger partial charge >= 0.3 is 0 Å². The molecule has 7 nitrogen and oxygen atoms in total. The molecule has 9 heteroatoms. The second-order valence-electron chi connectivity index (χ2n) is 6.31. The van der Waals surface area contributed by atoms with E-state index in [1.807, 2.05) is 48.5 Å². The maximum absolute atomic E-state index is 12.4. The minimum atomic E-state index is -0.0331. The molecule has 2 aromatic carbocycles. The van der Waals surface area contributed by atoms with Gasteiger partial charge in [0.2, 0.25) is 11.0 Å². The van der Waals surface area contributed by atoms with Crippen LogP contribution in [0.1, 0.15) is 18.0 Å². The average Bonchev–Trinajstić information content (AvgIpc) is 3.20. The van der Waals surface area contributed by atoms with Gasteiger partial charge in [-0.2, -0.15) is 0 Å². The van der Waals surface area contributed by atoms with E-state index in [0.29, 0.717) is 11.7 Å².